The Morgan fingerprint density at radius 1 is 1.09 bits per heavy atom. The molecule has 0 fully saturated rings. The zero-order valence-electron chi connectivity index (χ0n) is 24.1. The topological polar surface area (TPSA) is 141 Å². The van der Waals surface area contributed by atoms with Crippen LogP contribution in [0, 0.1) is 0 Å². The van der Waals surface area contributed by atoms with Gasteiger partial charge < -0.3 is 14.6 Å². The lowest BCUT2D eigenvalue weighted by molar-refractivity contribution is -0.130. The Morgan fingerprint density at radius 2 is 1.87 bits per heavy atom. The van der Waals surface area contributed by atoms with Gasteiger partial charge in [0.25, 0.3) is 5.91 Å². The molecule has 0 bridgehead atoms. The maximum absolute atomic E-state index is 14.4. The number of nitrogens with one attached hydrogen (secondary N) is 2. The number of azide groups is 1. The van der Waals surface area contributed by atoms with Gasteiger partial charge in [-0.1, -0.05) is 87.2 Å². The summed E-state index contributed by atoms with van der Waals surface area (Å²) in [5.74, 6) is 0.424. The van der Waals surface area contributed by atoms with Gasteiger partial charge in [0.1, 0.15) is 5.75 Å². The van der Waals surface area contributed by atoms with Crippen LogP contribution in [0.4, 0.5) is 5.69 Å². The van der Waals surface area contributed by atoms with Gasteiger partial charge in [-0.15, -0.1) is 0 Å². The Kier molecular flexibility index (Phi) is 10.7. The molecule has 0 saturated heterocycles. The summed E-state index contributed by atoms with van der Waals surface area (Å²) in [5, 5.41) is 13.5. The molecular formula is C33H30BrClN6O4. The van der Waals surface area contributed by atoms with Crippen LogP contribution in [0.1, 0.15) is 34.8 Å². The van der Waals surface area contributed by atoms with Crippen LogP contribution in [-0.4, -0.2) is 35.7 Å². The second-order valence-corrected chi connectivity index (χ2v) is 11.5. The number of hydrazine groups is 1. The molecule has 0 radical (unpaired) electrons. The number of benzene rings is 4. The Balaban J connectivity index is 1.57. The van der Waals surface area contributed by atoms with Gasteiger partial charge in [-0.2, -0.15) is 0 Å². The standard InChI is InChI=1S/C33H30BrClN6O4/c34-28-11-3-1-8-24(28)20-33(32(43)40-37-21-22-7-5-9-25(35)19-22)30(27-10-2-4-12-29(27)39-41-36)45-31(38-33)23-13-15-26(16-14-23)44-18-6-17-42/h1-5,7-16,19,30,37,42H,6,17-18,20-21H2,(H,40,43)/t30-,33-/m0/s1. The number of hydrogen-bond donors (Lipinski definition) is 3. The van der Waals surface area contributed by atoms with Crippen molar-refractivity contribution < 1.29 is 19.4 Å². The lowest BCUT2D eigenvalue weighted by atomic mass is 9.81. The zero-order valence-corrected chi connectivity index (χ0v) is 26.4. The summed E-state index contributed by atoms with van der Waals surface area (Å²) in [7, 11) is 0. The molecule has 2 atom stereocenters. The molecule has 1 aliphatic rings. The van der Waals surface area contributed by atoms with Crippen molar-refractivity contribution in [3.8, 4) is 5.75 Å². The lowest BCUT2D eigenvalue weighted by Crippen LogP contribution is -2.53. The van der Waals surface area contributed by atoms with Crippen LogP contribution in [0.3, 0.4) is 0 Å². The molecule has 0 spiro atoms. The molecule has 1 heterocycles. The van der Waals surface area contributed by atoms with Crippen LogP contribution in [0.5, 0.6) is 5.75 Å². The second kappa shape index (κ2) is 15.1. The summed E-state index contributed by atoms with van der Waals surface area (Å²) in [6.45, 7) is 0.729. The SMILES string of the molecule is [N-]=[N+]=Nc1ccccc1[C@@H]1OC(c2ccc(OCCCO)cc2)=N[C@]1(Cc1ccccc1Br)C(=O)NNCc1cccc(Cl)c1. The van der Waals surface area contributed by atoms with E-state index in [4.69, 9.17) is 31.2 Å². The van der Waals surface area contributed by atoms with Crippen LogP contribution >= 0.6 is 27.5 Å². The van der Waals surface area contributed by atoms with E-state index in [0.717, 1.165) is 15.6 Å². The average molecular weight is 690 g/mol. The van der Waals surface area contributed by atoms with Crippen LogP contribution < -0.4 is 15.6 Å². The van der Waals surface area contributed by atoms with E-state index < -0.39 is 17.6 Å². The van der Waals surface area contributed by atoms with Crippen molar-refractivity contribution in [1.29, 1.82) is 0 Å². The number of rotatable bonds is 13. The van der Waals surface area contributed by atoms with E-state index in [1.807, 2.05) is 42.5 Å². The zero-order chi connectivity index (χ0) is 31.6. The molecule has 10 nitrogen and oxygen atoms in total. The predicted octanol–water partition coefficient (Wildman–Crippen LogP) is 7.13. The number of carbonyl (C=O) groups excluding carboxylic acids is 1. The van der Waals surface area contributed by atoms with Crippen molar-refractivity contribution in [3.63, 3.8) is 0 Å². The van der Waals surface area contributed by atoms with Gasteiger partial charge in [0.2, 0.25) is 5.90 Å². The molecule has 45 heavy (non-hydrogen) atoms. The highest BCUT2D eigenvalue weighted by atomic mass is 79.9. The number of nitrogens with zero attached hydrogens (tertiary/aromatic N) is 4. The van der Waals surface area contributed by atoms with Crippen LogP contribution in [-0.2, 0) is 22.5 Å². The molecule has 12 heteroatoms. The van der Waals surface area contributed by atoms with Crippen molar-refractivity contribution in [1.82, 2.24) is 10.9 Å². The molecule has 0 saturated carbocycles. The van der Waals surface area contributed by atoms with E-state index in [1.54, 1.807) is 54.6 Å². The minimum absolute atomic E-state index is 0.0388. The fourth-order valence-corrected chi connectivity index (χ4v) is 5.66. The normalized spacial score (nSPS) is 17.1. The maximum atomic E-state index is 14.4. The minimum atomic E-state index is -1.53. The molecule has 3 N–H and O–H groups in total. The second-order valence-electron chi connectivity index (χ2n) is 10.2. The first-order valence-corrected chi connectivity index (χ1v) is 15.4. The average Bonchev–Trinajstić information content (AvgIpc) is 3.43. The summed E-state index contributed by atoms with van der Waals surface area (Å²) < 4.78 is 13.0. The molecular weight excluding hydrogens is 660 g/mol. The number of halogens is 2. The number of ether oxygens (including phenoxy) is 2. The molecule has 230 valence electrons. The van der Waals surface area contributed by atoms with Gasteiger partial charge in [-0.25, -0.2) is 10.4 Å². The summed E-state index contributed by atoms with van der Waals surface area (Å²) in [5.41, 5.74) is 16.8. The first kappa shape index (κ1) is 32.0. The first-order chi connectivity index (χ1) is 21.9. The molecule has 4 aromatic rings. The van der Waals surface area contributed by atoms with E-state index in [2.05, 4.69) is 36.8 Å². The number of aliphatic hydroxyl groups excluding tert-OH is 1. The third-order valence-corrected chi connectivity index (χ3v) is 8.21. The Morgan fingerprint density at radius 3 is 2.62 bits per heavy atom. The highest BCUT2D eigenvalue weighted by Gasteiger charge is 2.54. The fourth-order valence-electron chi connectivity index (χ4n) is 5.02. The van der Waals surface area contributed by atoms with E-state index in [0.29, 0.717) is 47.2 Å². The Labute approximate surface area is 273 Å². The summed E-state index contributed by atoms with van der Waals surface area (Å²) in [6.07, 6.45) is -0.294. The summed E-state index contributed by atoms with van der Waals surface area (Å²) in [4.78, 5) is 22.5. The number of carbonyl (C=O) groups is 1. The van der Waals surface area contributed by atoms with Crippen LogP contribution in [0.25, 0.3) is 10.4 Å². The number of aliphatic hydroxyl groups is 1. The van der Waals surface area contributed by atoms with Crippen molar-refractivity contribution in [3.05, 3.63) is 139 Å². The van der Waals surface area contributed by atoms with Gasteiger partial charge in [0, 0.05) is 57.2 Å². The van der Waals surface area contributed by atoms with Gasteiger partial charge >= 0.3 is 0 Å². The molecule has 5 rings (SSSR count). The van der Waals surface area contributed by atoms with Crippen molar-refractivity contribution in [2.45, 2.75) is 31.0 Å². The Hall–Kier alpha value is -4.38. The van der Waals surface area contributed by atoms with Gasteiger partial charge in [-0.3, -0.25) is 10.2 Å². The summed E-state index contributed by atoms with van der Waals surface area (Å²) >= 11 is 9.79. The van der Waals surface area contributed by atoms with E-state index in [1.165, 1.54) is 0 Å². The quantitative estimate of drug-likeness (QED) is 0.0451. The highest BCUT2D eigenvalue weighted by molar-refractivity contribution is 9.10. The summed E-state index contributed by atoms with van der Waals surface area (Å²) in [6, 6.07) is 29.1. The first-order valence-electron chi connectivity index (χ1n) is 14.2. The van der Waals surface area contributed by atoms with E-state index in [-0.39, 0.29) is 18.9 Å². The van der Waals surface area contributed by atoms with E-state index >= 15 is 0 Å². The molecule has 1 amide bonds. The minimum Gasteiger partial charge on any atom is -0.494 e. The van der Waals surface area contributed by atoms with Crippen molar-refractivity contribution in [2.75, 3.05) is 13.2 Å². The molecule has 0 unspecified atom stereocenters. The lowest BCUT2D eigenvalue weighted by Gasteiger charge is -2.31. The monoisotopic (exact) mass is 688 g/mol. The number of aliphatic imine (C=N–C) groups is 1. The molecule has 4 aromatic carbocycles. The molecule has 0 aliphatic carbocycles. The van der Waals surface area contributed by atoms with Crippen LogP contribution in [0.15, 0.2) is 112 Å². The van der Waals surface area contributed by atoms with Crippen molar-refractivity contribution in [2.24, 2.45) is 10.1 Å². The van der Waals surface area contributed by atoms with Crippen LogP contribution in [0.2, 0.25) is 5.02 Å². The largest absolute Gasteiger partial charge is 0.494 e. The Bertz CT molecular complexity index is 1730. The number of hydrogen-bond acceptors (Lipinski definition) is 7. The predicted molar refractivity (Wildman–Crippen MR) is 176 cm³/mol. The van der Waals surface area contributed by atoms with Crippen molar-refractivity contribution >= 4 is 45.0 Å². The highest BCUT2D eigenvalue weighted by Crippen LogP contribution is 2.46. The third-order valence-electron chi connectivity index (χ3n) is 7.20. The van der Waals surface area contributed by atoms with Gasteiger partial charge in [0.05, 0.1) is 6.61 Å². The van der Waals surface area contributed by atoms with E-state index in [9.17, 15) is 10.3 Å². The number of amides is 1. The smallest absolute Gasteiger partial charge is 0.266 e. The molecule has 0 aromatic heterocycles. The fraction of sp³-hybridized carbons (Fsp3) is 0.212. The van der Waals surface area contributed by atoms with Gasteiger partial charge in [0.15, 0.2) is 11.6 Å². The third kappa shape index (κ3) is 7.65. The van der Waals surface area contributed by atoms with Gasteiger partial charge in [-0.05, 0) is 59.1 Å². The molecule has 1 aliphatic heterocycles. The maximum Gasteiger partial charge on any atom is 0.266 e.